The number of amides is 2. The van der Waals surface area contributed by atoms with E-state index in [0.717, 1.165) is 6.42 Å². The maximum atomic E-state index is 12.4. The van der Waals surface area contributed by atoms with Gasteiger partial charge in [0, 0.05) is 12.6 Å². The maximum absolute atomic E-state index is 12.4. The summed E-state index contributed by atoms with van der Waals surface area (Å²) in [5.74, 6) is 0. The van der Waals surface area contributed by atoms with Crippen molar-refractivity contribution in [3.8, 4) is 0 Å². The van der Waals surface area contributed by atoms with Gasteiger partial charge in [0.2, 0.25) is 0 Å². The second kappa shape index (κ2) is 7.64. The molecule has 1 saturated heterocycles. The smallest absolute Gasteiger partial charge is 0.317 e. The zero-order chi connectivity index (χ0) is 16.9. The molecule has 2 amide bonds. The Morgan fingerprint density at radius 3 is 2.92 bits per heavy atom. The third-order valence-corrected chi connectivity index (χ3v) is 4.36. The van der Waals surface area contributed by atoms with Crippen molar-refractivity contribution < 1.29 is 14.6 Å². The lowest BCUT2D eigenvalue weighted by Crippen LogP contribution is -2.52. The van der Waals surface area contributed by atoms with Gasteiger partial charge in [-0.2, -0.15) is 0 Å². The van der Waals surface area contributed by atoms with Crippen LogP contribution in [0.4, 0.5) is 4.79 Å². The van der Waals surface area contributed by atoms with E-state index in [1.165, 1.54) is 16.3 Å². The highest BCUT2D eigenvalue weighted by Gasteiger charge is 2.24. The van der Waals surface area contributed by atoms with Crippen LogP contribution in [-0.2, 0) is 11.2 Å². The number of nitrogens with zero attached hydrogens (tertiary/aromatic N) is 1. The molecule has 1 aliphatic heterocycles. The highest BCUT2D eigenvalue weighted by molar-refractivity contribution is 5.83. The van der Waals surface area contributed by atoms with E-state index in [2.05, 4.69) is 35.6 Å². The highest BCUT2D eigenvalue weighted by atomic mass is 16.5. The molecule has 0 aromatic heterocycles. The topological polar surface area (TPSA) is 61.8 Å². The summed E-state index contributed by atoms with van der Waals surface area (Å²) in [6, 6.07) is 14.6. The number of rotatable bonds is 4. The van der Waals surface area contributed by atoms with Crippen LogP contribution in [0.25, 0.3) is 10.8 Å². The zero-order valence-electron chi connectivity index (χ0n) is 13.9. The number of benzene rings is 2. The van der Waals surface area contributed by atoms with Gasteiger partial charge in [-0.15, -0.1) is 0 Å². The normalized spacial score (nSPS) is 19.2. The van der Waals surface area contributed by atoms with E-state index in [0.29, 0.717) is 19.7 Å². The van der Waals surface area contributed by atoms with Crippen LogP contribution in [0.15, 0.2) is 42.5 Å². The quantitative estimate of drug-likeness (QED) is 0.904. The number of urea groups is 1. The number of carbonyl (C=O) groups is 1. The average Bonchev–Trinajstić information content (AvgIpc) is 2.61. The van der Waals surface area contributed by atoms with Crippen LogP contribution < -0.4 is 5.32 Å². The number of ether oxygens (including phenoxy) is 1. The fourth-order valence-corrected chi connectivity index (χ4v) is 3.09. The van der Waals surface area contributed by atoms with Crippen molar-refractivity contribution >= 4 is 16.8 Å². The minimum atomic E-state index is -0.278. The summed E-state index contributed by atoms with van der Waals surface area (Å²) in [6.07, 6.45) is 0.505. The lowest BCUT2D eigenvalue weighted by atomic mass is 10.0. The average molecular weight is 328 g/mol. The molecule has 5 heteroatoms. The summed E-state index contributed by atoms with van der Waals surface area (Å²) < 4.78 is 5.38. The molecule has 128 valence electrons. The first-order chi connectivity index (χ1) is 11.7. The van der Waals surface area contributed by atoms with Crippen LogP contribution in [0, 0.1) is 0 Å². The molecule has 1 fully saturated rings. The predicted molar refractivity (Wildman–Crippen MR) is 94.0 cm³/mol. The summed E-state index contributed by atoms with van der Waals surface area (Å²) >= 11 is 0. The van der Waals surface area contributed by atoms with E-state index in [1.807, 2.05) is 19.1 Å². The van der Waals surface area contributed by atoms with Gasteiger partial charge in [-0.3, -0.25) is 0 Å². The zero-order valence-corrected chi connectivity index (χ0v) is 13.9. The van der Waals surface area contributed by atoms with Crippen molar-refractivity contribution in [2.75, 3.05) is 26.3 Å². The van der Waals surface area contributed by atoms with Gasteiger partial charge < -0.3 is 20.1 Å². The lowest BCUT2D eigenvalue weighted by Gasteiger charge is -2.32. The van der Waals surface area contributed by atoms with Crippen LogP contribution in [0.1, 0.15) is 12.5 Å². The molecule has 0 spiro atoms. The van der Waals surface area contributed by atoms with Gasteiger partial charge in [0.05, 0.1) is 25.9 Å². The van der Waals surface area contributed by atoms with Gasteiger partial charge in [-0.25, -0.2) is 4.79 Å². The van der Waals surface area contributed by atoms with Crippen molar-refractivity contribution in [2.45, 2.75) is 25.5 Å². The van der Waals surface area contributed by atoms with E-state index in [9.17, 15) is 9.90 Å². The second-order valence-electron chi connectivity index (χ2n) is 6.36. The first kappa shape index (κ1) is 16.7. The molecular formula is C19H24N2O3. The monoisotopic (exact) mass is 328 g/mol. The van der Waals surface area contributed by atoms with Gasteiger partial charge in [-0.1, -0.05) is 42.5 Å². The lowest BCUT2D eigenvalue weighted by molar-refractivity contribution is -0.0404. The molecule has 2 atom stereocenters. The summed E-state index contributed by atoms with van der Waals surface area (Å²) in [4.78, 5) is 14.1. The Bertz CT molecular complexity index is 704. The molecule has 1 heterocycles. The number of fused-ring (bicyclic) bond motifs is 1. The fraction of sp³-hybridized carbons (Fsp3) is 0.421. The number of nitrogens with one attached hydrogen (secondary N) is 1. The van der Waals surface area contributed by atoms with E-state index in [1.54, 1.807) is 4.90 Å². The van der Waals surface area contributed by atoms with Crippen LogP contribution >= 0.6 is 0 Å². The minimum Gasteiger partial charge on any atom is -0.394 e. The molecule has 2 aromatic carbocycles. The fourth-order valence-electron chi connectivity index (χ4n) is 3.09. The number of hydrogen-bond acceptors (Lipinski definition) is 3. The van der Waals surface area contributed by atoms with Gasteiger partial charge in [0.25, 0.3) is 0 Å². The number of aliphatic hydroxyl groups excluding tert-OH is 1. The van der Waals surface area contributed by atoms with Crippen molar-refractivity contribution in [3.63, 3.8) is 0 Å². The number of aliphatic hydroxyl groups is 1. The van der Waals surface area contributed by atoms with Gasteiger partial charge >= 0.3 is 6.03 Å². The van der Waals surface area contributed by atoms with Gasteiger partial charge in [0.15, 0.2) is 0 Å². The highest BCUT2D eigenvalue weighted by Crippen LogP contribution is 2.16. The van der Waals surface area contributed by atoms with Gasteiger partial charge in [-0.05, 0) is 29.7 Å². The van der Waals surface area contributed by atoms with E-state index >= 15 is 0 Å². The first-order valence-corrected chi connectivity index (χ1v) is 8.41. The standard InChI is InChI=1S/C19H24N2O3/c1-14(20-19(23)21-8-9-24-18(12-21)13-22)10-15-6-7-16-4-2-3-5-17(16)11-15/h2-7,11,14,18,22H,8-10,12-13H2,1H3,(H,20,23). The third kappa shape index (κ3) is 4.04. The molecule has 0 aliphatic carbocycles. The Morgan fingerprint density at radius 1 is 1.33 bits per heavy atom. The van der Waals surface area contributed by atoms with Crippen molar-refractivity contribution in [3.05, 3.63) is 48.0 Å². The van der Waals surface area contributed by atoms with Crippen LogP contribution in [0.5, 0.6) is 0 Å². The number of hydrogen-bond donors (Lipinski definition) is 2. The van der Waals surface area contributed by atoms with E-state index < -0.39 is 0 Å². The summed E-state index contributed by atoms with van der Waals surface area (Å²) in [7, 11) is 0. The Morgan fingerprint density at radius 2 is 2.12 bits per heavy atom. The molecule has 2 N–H and O–H groups in total. The summed E-state index contributed by atoms with van der Waals surface area (Å²) in [5, 5.41) is 14.6. The molecule has 3 rings (SSSR count). The molecular weight excluding hydrogens is 304 g/mol. The first-order valence-electron chi connectivity index (χ1n) is 8.41. The third-order valence-electron chi connectivity index (χ3n) is 4.36. The predicted octanol–water partition coefficient (Wildman–Crippen LogP) is 2.17. The minimum absolute atomic E-state index is 0.0362. The Kier molecular flexibility index (Phi) is 5.33. The molecule has 0 saturated carbocycles. The maximum Gasteiger partial charge on any atom is 0.317 e. The van der Waals surface area contributed by atoms with Crippen molar-refractivity contribution in [2.24, 2.45) is 0 Å². The SMILES string of the molecule is CC(Cc1ccc2ccccc2c1)NC(=O)N1CCOC(CO)C1. The second-order valence-corrected chi connectivity index (χ2v) is 6.36. The molecule has 5 nitrogen and oxygen atoms in total. The summed E-state index contributed by atoms with van der Waals surface area (Å²) in [6.45, 7) is 3.42. The van der Waals surface area contributed by atoms with E-state index in [4.69, 9.17) is 4.74 Å². The van der Waals surface area contributed by atoms with Gasteiger partial charge in [0.1, 0.15) is 0 Å². The largest absolute Gasteiger partial charge is 0.394 e. The summed E-state index contributed by atoms with van der Waals surface area (Å²) in [5.41, 5.74) is 1.21. The Labute approximate surface area is 142 Å². The van der Waals surface area contributed by atoms with Crippen LogP contribution in [0.2, 0.25) is 0 Å². The van der Waals surface area contributed by atoms with Crippen molar-refractivity contribution in [1.82, 2.24) is 10.2 Å². The molecule has 0 bridgehead atoms. The molecule has 24 heavy (non-hydrogen) atoms. The van der Waals surface area contributed by atoms with Crippen molar-refractivity contribution in [1.29, 1.82) is 0 Å². The molecule has 1 aliphatic rings. The number of carbonyl (C=O) groups excluding carboxylic acids is 1. The Balaban J connectivity index is 1.57. The molecule has 0 radical (unpaired) electrons. The number of morpholine rings is 1. The van der Waals surface area contributed by atoms with Crippen LogP contribution in [0.3, 0.4) is 0 Å². The molecule has 2 unspecified atom stereocenters. The Hall–Kier alpha value is -2.11. The molecule has 2 aromatic rings. The van der Waals surface area contributed by atoms with E-state index in [-0.39, 0.29) is 24.8 Å². The van der Waals surface area contributed by atoms with Crippen LogP contribution in [-0.4, -0.2) is 54.5 Å².